The zero-order valence-electron chi connectivity index (χ0n) is 10.6. The Kier molecular flexibility index (Phi) is 4.90. The van der Waals surface area contributed by atoms with Gasteiger partial charge in [-0.15, -0.1) is 0 Å². The van der Waals surface area contributed by atoms with E-state index in [-0.39, 0.29) is 9.99 Å². The fourth-order valence-corrected chi connectivity index (χ4v) is 4.12. The molecular formula is C14H17IO4. The third-order valence-electron chi connectivity index (χ3n) is 3.65. The number of hydrogen-bond acceptors (Lipinski definition) is 3. The molecule has 0 radical (unpaired) electrons. The van der Waals surface area contributed by atoms with Crippen molar-refractivity contribution in [3.63, 3.8) is 0 Å². The van der Waals surface area contributed by atoms with Gasteiger partial charge in [0.15, 0.2) is 0 Å². The first-order valence-electron chi connectivity index (χ1n) is 6.48. The van der Waals surface area contributed by atoms with Gasteiger partial charge in [-0.05, 0) is 36.0 Å². The zero-order chi connectivity index (χ0) is 13.8. The van der Waals surface area contributed by atoms with Crippen LogP contribution in [0, 0.1) is 3.57 Å². The average Bonchev–Trinajstić information content (AvgIpc) is 2.38. The van der Waals surface area contributed by atoms with E-state index in [4.69, 9.17) is 5.11 Å². The van der Waals surface area contributed by atoms with Gasteiger partial charge < -0.3 is 5.11 Å². The Hall–Kier alpha value is -0.980. The molecule has 0 bridgehead atoms. The monoisotopic (exact) mass is 376 g/mol. The first kappa shape index (κ1) is 14.4. The average molecular weight is 376 g/mol. The molecule has 0 aromatic heterocycles. The number of aliphatic carboxylic acids is 1. The fourth-order valence-electron chi connectivity index (χ4n) is 2.73. The molecule has 1 aromatic carbocycles. The SMILES string of the molecule is O=C(O)Cc1cc(C2CCCCC2)ccc1I(=O)=O. The summed E-state index contributed by atoms with van der Waals surface area (Å²) in [5, 5.41) is 8.89. The lowest BCUT2D eigenvalue weighted by Crippen LogP contribution is -2.07. The lowest BCUT2D eigenvalue weighted by molar-refractivity contribution is -0.136. The van der Waals surface area contributed by atoms with Crippen LogP contribution in [-0.2, 0) is 17.4 Å². The summed E-state index contributed by atoms with van der Waals surface area (Å²) in [6.07, 6.45) is 5.67. The largest absolute Gasteiger partial charge is 0.481 e. The van der Waals surface area contributed by atoms with E-state index in [9.17, 15) is 10.9 Å². The van der Waals surface area contributed by atoms with E-state index in [1.54, 1.807) is 12.1 Å². The third-order valence-corrected chi connectivity index (χ3v) is 5.66. The van der Waals surface area contributed by atoms with Crippen molar-refractivity contribution < 1.29 is 16.0 Å². The highest BCUT2D eigenvalue weighted by Gasteiger charge is 2.18. The van der Waals surface area contributed by atoms with Gasteiger partial charge in [-0.2, -0.15) is 0 Å². The minimum atomic E-state index is -3.62. The number of rotatable bonds is 4. The summed E-state index contributed by atoms with van der Waals surface area (Å²) < 4.78 is 22.7. The Morgan fingerprint density at radius 2 is 1.89 bits per heavy atom. The van der Waals surface area contributed by atoms with E-state index in [0.717, 1.165) is 18.4 Å². The van der Waals surface area contributed by atoms with Gasteiger partial charge in [0, 0.05) is 0 Å². The Labute approximate surface area is 119 Å². The van der Waals surface area contributed by atoms with Crippen molar-refractivity contribution in [1.82, 2.24) is 0 Å². The maximum Gasteiger partial charge on any atom is 0.341 e. The Bertz CT molecular complexity index is 534. The van der Waals surface area contributed by atoms with Crippen molar-refractivity contribution in [2.24, 2.45) is 0 Å². The van der Waals surface area contributed by atoms with Crippen LogP contribution in [0.5, 0.6) is 0 Å². The minimum Gasteiger partial charge on any atom is -0.481 e. The molecule has 0 amide bonds. The van der Waals surface area contributed by atoms with Crippen molar-refractivity contribution in [3.05, 3.63) is 32.9 Å². The molecule has 104 valence electrons. The second-order valence-corrected chi connectivity index (χ2v) is 7.38. The third kappa shape index (κ3) is 3.75. The predicted octanol–water partition coefficient (Wildman–Crippen LogP) is 3.73. The first-order valence-corrected chi connectivity index (χ1v) is 9.32. The highest BCUT2D eigenvalue weighted by atomic mass is 127. The molecule has 1 saturated carbocycles. The van der Waals surface area contributed by atoms with E-state index in [1.807, 2.05) is 6.07 Å². The molecule has 1 aliphatic carbocycles. The second-order valence-electron chi connectivity index (χ2n) is 4.97. The highest BCUT2D eigenvalue weighted by Crippen LogP contribution is 2.34. The maximum absolute atomic E-state index is 11.2. The molecule has 4 nitrogen and oxygen atoms in total. The second kappa shape index (κ2) is 6.45. The lowest BCUT2D eigenvalue weighted by Gasteiger charge is -2.22. The zero-order valence-corrected chi connectivity index (χ0v) is 12.8. The Morgan fingerprint density at radius 3 is 2.47 bits per heavy atom. The molecule has 1 N–H and O–H groups in total. The van der Waals surface area contributed by atoms with Crippen LogP contribution < -0.4 is 0 Å². The predicted molar refractivity (Wildman–Crippen MR) is 77.7 cm³/mol. The molecule has 0 spiro atoms. The van der Waals surface area contributed by atoms with Gasteiger partial charge in [-0.1, -0.05) is 31.4 Å². The molecule has 0 saturated heterocycles. The molecule has 0 aliphatic heterocycles. The van der Waals surface area contributed by atoms with Gasteiger partial charge in [-0.25, -0.2) is 6.14 Å². The number of hydrogen-bond donors (Lipinski definition) is 1. The summed E-state index contributed by atoms with van der Waals surface area (Å²) in [5.74, 6) is -0.532. The normalized spacial score (nSPS) is 16.7. The molecule has 5 heteroatoms. The van der Waals surface area contributed by atoms with Crippen LogP contribution in [0.4, 0.5) is 0 Å². The van der Waals surface area contributed by atoms with Gasteiger partial charge in [-0.3, -0.25) is 4.79 Å². The summed E-state index contributed by atoms with van der Waals surface area (Å²) in [4.78, 5) is 10.8. The van der Waals surface area contributed by atoms with Crippen LogP contribution >= 0.6 is 19.8 Å². The standard InChI is InChI=1S/C14H17IO4/c16-14(17)9-12-8-11(6-7-13(12)15(18)19)10-4-2-1-3-5-10/h6-8,10H,1-5,9H2,(H,16,17). The van der Waals surface area contributed by atoms with Crippen LogP contribution in [0.15, 0.2) is 18.2 Å². The van der Waals surface area contributed by atoms with Crippen LogP contribution in [-0.4, -0.2) is 11.1 Å². The van der Waals surface area contributed by atoms with Gasteiger partial charge >= 0.3 is 25.8 Å². The molecule has 1 aromatic rings. The number of carbonyl (C=O) groups is 1. The fraction of sp³-hybridized carbons (Fsp3) is 0.500. The molecule has 19 heavy (non-hydrogen) atoms. The van der Waals surface area contributed by atoms with E-state index in [2.05, 4.69) is 0 Å². The summed E-state index contributed by atoms with van der Waals surface area (Å²) >= 11 is -3.62. The Morgan fingerprint density at radius 1 is 1.21 bits per heavy atom. The number of carboxylic acid groups (broad SMARTS) is 1. The van der Waals surface area contributed by atoms with E-state index in [0.29, 0.717) is 11.5 Å². The van der Waals surface area contributed by atoms with Crippen LogP contribution in [0.25, 0.3) is 0 Å². The topological polar surface area (TPSA) is 71.4 Å². The van der Waals surface area contributed by atoms with Crippen molar-refractivity contribution in [2.75, 3.05) is 0 Å². The number of halogens is 1. The molecule has 0 unspecified atom stereocenters. The van der Waals surface area contributed by atoms with Gasteiger partial charge in [0.2, 0.25) is 0 Å². The summed E-state index contributed by atoms with van der Waals surface area (Å²) in [5.41, 5.74) is 1.54. The van der Waals surface area contributed by atoms with Gasteiger partial charge in [0.1, 0.15) is 0 Å². The Balaban J connectivity index is 2.33. The minimum absolute atomic E-state index is 0.214. The lowest BCUT2D eigenvalue weighted by atomic mass is 9.83. The molecule has 0 atom stereocenters. The molecule has 2 rings (SSSR count). The van der Waals surface area contributed by atoms with Crippen molar-refractivity contribution in [2.45, 2.75) is 44.4 Å². The first-order chi connectivity index (χ1) is 9.08. The van der Waals surface area contributed by atoms with Gasteiger partial charge in [0.25, 0.3) is 0 Å². The van der Waals surface area contributed by atoms with E-state index >= 15 is 0 Å². The van der Waals surface area contributed by atoms with Crippen molar-refractivity contribution >= 4 is 25.8 Å². The number of benzene rings is 1. The molecule has 1 fully saturated rings. The van der Waals surface area contributed by atoms with Crippen LogP contribution in [0.2, 0.25) is 0 Å². The quantitative estimate of drug-likeness (QED) is 0.813. The molecule has 1 aliphatic rings. The van der Waals surface area contributed by atoms with Crippen LogP contribution in [0.1, 0.15) is 49.1 Å². The molecule has 0 heterocycles. The van der Waals surface area contributed by atoms with E-state index in [1.165, 1.54) is 19.3 Å². The summed E-state index contributed by atoms with van der Waals surface area (Å²) in [6, 6.07) is 5.24. The van der Waals surface area contributed by atoms with Gasteiger partial charge in [0.05, 0.1) is 9.99 Å². The van der Waals surface area contributed by atoms with Crippen LogP contribution in [0.3, 0.4) is 0 Å². The van der Waals surface area contributed by atoms with Crippen molar-refractivity contribution in [3.8, 4) is 0 Å². The maximum atomic E-state index is 11.2. The smallest absolute Gasteiger partial charge is 0.341 e. The highest BCUT2D eigenvalue weighted by molar-refractivity contribution is 14.2. The van der Waals surface area contributed by atoms with Crippen molar-refractivity contribution in [1.29, 1.82) is 0 Å². The number of carboxylic acids is 1. The summed E-state index contributed by atoms with van der Waals surface area (Å²) in [7, 11) is 0. The van der Waals surface area contributed by atoms with E-state index < -0.39 is 25.8 Å². The summed E-state index contributed by atoms with van der Waals surface area (Å²) in [6.45, 7) is 0. The molecular weight excluding hydrogens is 359 g/mol.